The van der Waals surface area contributed by atoms with Crippen LogP contribution >= 0.6 is 11.3 Å². The van der Waals surface area contributed by atoms with Crippen molar-refractivity contribution in [3.05, 3.63) is 33.8 Å². The van der Waals surface area contributed by atoms with Crippen molar-refractivity contribution in [1.82, 2.24) is 20.3 Å². The highest BCUT2D eigenvalue weighted by molar-refractivity contribution is 7.14. The summed E-state index contributed by atoms with van der Waals surface area (Å²) in [6, 6.07) is 2.09. The number of aryl methyl sites for hydroxylation is 2. The summed E-state index contributed by atoms with van der Waals surface area (Å²) in [5.74, 6) is 0.798. The Balaban J connectivity index is 1.49. The van der Waals surface area contributed by atoms with Crippen LogP contribution in [0.25, 0.3) is 0 Å². The van der Waals surface area contributed by atoms with Gasteiger partial charge in [0, 0.05) is 24.2 Å². The second-order valence-corrected chi connectivity index (χ2v) is 6.82. The summed E-state index contributed by atoms with van der Waals surface area (Å²) in [4.78, 5) is 14.4. The molecule has 6 heteroatoms. The third-order valence-electron chi connectivity index (χ3n) is 3.87. The molecule has 1 amide bonds. The van der Waals surface area contributed by atoms with E-state index in [1.54, 1.807) is 22.2 Å². The second kappa shape index (κ2) is 6.39. The summed E-state index contributed by atoms with van der Waals surface area (Å²) < 4.78 is 1.78. The largest absolute Gasteiger partial charge is 0.351 e. The summed E-state index contributed by atoms with van der Waals surface area (Å²) in [6.07, 6.45) is 7.84. The van der Waals surface area contributed by atoms with Crippen LogP contribution in [0.3, 0.4) is 0 Å². The normalized spacial score (nSPS) is 17.5. The number of nitrogens with one attached hydrogen (secondary N) is 1. The Bertz CT molecular complexity index is 605. The highest BCUT2D eigenvalue weighted by Gasteiger charge is 2.20. The van der Waals surface area contributed by atoms with Gasteiger partial charge in [0.25, 0.3) is 5.91 Å². The fourth-order valence-electron chi connectivity index (χ4n) is 2.70. The van der Waals surface area contributed by atoms with E-state index in [4.69, 9.17) is 0 Å². The minimum atomic E-state index is 0.0562. The number of thiophene rings is 1. The fraction of sp³-hybridized carbons (Fsp3) is 0.533. The molecule has 0 saturated carbocycles. The van der Waals surface area contributed by atoms with Gasteiger partial charge in [0.15, 0.2) is 0 Å². The van der Waals surface area contributed by atoms with Crippen molar-refractivity contribution in [3.63, 3.8) is 0 Å². The van der Waals surface area contributed by atoms with Crippen LogP contribution in [0, 0.1) is 5.92 Å². The molecule has 0 saturated heterocycles. The topological polar surface area (TPSA) is 59.8 Å². The van der Waals surface area contributed by atoms with E-state index in [1.165, 1.54) is 16.9 Å². The standard InChI is InChI=1S/C15H20N4OS/c1-11-3-4-13-12(9-11)10-14(21-13)15(20)16-5-2-7-19-8-6-17-18-19/h6,8,10-11H,2-5,7,9H2,1H3,(H,16,20)/t11-/m0/s1. The summed E-state index contributed by atoms with van der Waals surface area (Å²) in [5, 5.41) is 10.6. The van der Waals surface area contributed by atoms with E-state index in [-0.39, 0.29) is 5.91 Å². The van der Waals surface area contributed by atoms with E-state index in [2.05, 4.69) is 28.6 Å². The van der Waals surface area contributed by atoms with Crippen molar-refractivity contribution < 1.29 is 4.79 Å². The molecular formula is C15H20N4OS. The first-order chi connectivity index (χ1) is 10.2. The van der Waals surface area contributed by atoms with Gasteiger partial charge in [-0.05, 0) is 43.2 Å². The van der Waals surface area contributed by atoms with Crippen LogP contribution in [-0.2, 0) is 19.4 Å². The Morgan fingerprint density at radius 2 is 2.48 bits per heavy atom. The molecule has 1 atom stereocenters. The predicted octanol–water partition coefficient (Wildman–Crippen LogP) is 2.28. The molecule has 0 unspecified atom stereocenters. The van der Waals surface area contributed by atoms with Crippen molar-refractivity contribution in [2.75, 3.05) is 6.54 Å². The molecule has 0 bridgehead atoms. The van der Waals surface area contributed by atoms with Crippen LogP contribution in [0.1, 0.15) is 39.9 Å². The lowest BCUT2D eigenvalue weighted by molar-refractivity contribution is 0.0956. The van der Waals surface area contributed by atoms with Crippen molar-refractivity contribution in [1.29, 1.82) is 0 Å². The van der Waals surface area contributed by atoms with E-state index in [9.17, 15) is 4.79 Å². The molecular weight excluding hydrogens is 284 g/mol. The van der Waals surface area contributed by atoms with Gasteiger partial charge in [-0.3, -0.25) is 9.48 Å². The number of nitrogens with zero attached hydrogens (tertiary/aromatic N) is 3. The minimum absolute atomic E-state index is 0.0562. The molecule has 112 valence electrons. The number of carbonyl (C=O) groups excluding carboxylic acids is 1. The van der Waals surface area contributed by atoms with Crippen LogP contribution in [0.15, 0.2) is 18.5 Å². The smallest absolute Gasteiger partial charge is 0.261 e. The Kier molecular flexibility index (Phi) is 4.34. The number of hydrogen-bond donors (Lipinski definition) is 1. The van der Waals surface area contributed by atoms with Crippen LogP contribution < -0.4 is 5.32 Å². The number of carbonyl (C=O) groups is 1. The maximum atomic E-state index is 12.2. The van der Waals surface area contributed by atoms with Gasteiger partial charge in [-0.15, -0.1) is 16.4 Å². The zero-order valence-electron chi connectivity index (χ0n) is 12.2. The number of amides is 1. The molecule has 3 rings (SSSR count). The van der Waals surface area contributed by atoms with Gasteiger partial charge in [-0.2, -0.15) is 0 Å². The Hall–Kier alpha value is -1.69. The van der Waals surface area contributed by atoms with Crippen molar-refractivity contribution >= 4 is 17.2 Å². The van der Waals surface area contributed by atoms with Gasteiger partial charge >= 0.3 is 0 Å². The fourth-order valence-corrected chi connectivity index (χ4v) is 3.82. The molecule has 0 aliphatic heterocycles. The van der Waals surface area contributed by atoms with Gasteiger partial charge < -0.3 is 5.32 Å². The van der Waals surface area contributed by atoms with E-state index >= 15 is 0 Å². The number of fused-ring (bicyclic) bond motifs is 1. The zero-order chi connectivity index (χ0) is 14.7. The number of rotatable bonds is 5. The third-order valence-corrected chi connectivity index (χ3v) is 5.11. The highest BCUT2D eigenvalue weighted by atomic mass is 32.1. The average molecular weight is 304 g/mol. The molecule has 2 aromatic rings. The van der Waals surface area contributed by atoms with Crippen LogP contribution in [0.5, 0.6) is 0 Å². The van der Waals surface area contributed by atoms with E-state index in [0.29, 0.717) is 6.54 Å². The molecule has 0 radical (unpaired) electrons. The molecule has 0 aromatic carbocycles. The molecule has 21 heavy (non-hydrogen) atoms. The first kappa shape index (κ1) is 14.3. The molecule has 0 spiro atoms. The average Bonchev–Trinajstić information content (AvgIpc) is 3.11. The number of hydrogen-bond acceptors (Lipinski definition) is 4. The van der Waals surface area contributed by atoms with Crippen LogP contribution in [0.2, 0.25) is 0 Å². The quantitative estimate of drug-likeness (QED) is 0.862. The van der Waals surface area contributed by atoms with Gasteiger partial charge in [0.2, 0.25) is 0 Å². The Morgan fingerprint density at radius 3 is 3.29 bits per heavy atom. The summed E-state index contributed by atoms with van der Waals surface area (Å²) in [6.45, 7) is 3.72. The summed E-state index contributed by atoms with van der Waals surface area (Å²) >= 11 is 1.66. The van der Waals surface area contributed by atoms with Crippen molar-refractivity contribution in [2.24, 2.45) is 5.92 Å². The first-order valence-corrected chi connectivity index (χ1v) is 8.28. The highest BCUT2D eigenvalue weighted by Crippen LogP contribution is 2.32. The Labute approximate surface area is 128 Å². The molecule has 1 N–H and O–H groups in total. The summed E-state index contributed by atoms with van der Waals surface area (Å²) in [7, 11) is 0. The minimum Gasteiger partial charge on any atom is -0.351 e. The monoisotopic (exact) mass is 304 g/mol. The molecule has 1 aliphatic carbocycles. The summed E-state index contributed by atoms with van der Waals surface area (Å²) in [5.41, 5.74) is 1.38. The van der Waals surface area contributed by atoms with Gasteiger partial charge in [0.1, 0.15) is 0 Å². The zero-order valence-corrected chi connectivity index (χ0v) is 13.0. The Morgan fingerprint density at radius 1 is 1.57 bits per heavy atom. The number of aromatic nitrogens is 3. The molecule has 2 heterocycles. The van der Waals surface area contributed by atoms with Crippen LogP contribution in [0.4, 0.5) is 0 Å². The van der Waals surface area contributed by atoms with E-state index in [0.717, 1.165) is 36.6 Å². The lowest BCUT2D eigenvalue weighted by atomic mass is 9.90. The SMILES string of the molecule is C[C@H]1CCc2sc(C(=O)NCCCn3ccnn3)cc2C1. The third kappa shape index (κ3) is 3.50. The molecule has 0 fully saturated rings. The van der Waals surface area contributed by atoms with Gasteiger partial charge in [0.05, 0.1) is 11.1 Å². The maximum absolute atomic E-state index is 12.2. The van der Waals surface area contributed by atoms with Crippen molar-refractivity contribution in [3.8, 4) is 0 Å². The molecule has 1 aliphatic rings. The van der Waals surface area contributed by atoms with E-state index in [1.807, 2.05) is 6.20 Å². The van der Waals surface area contributed by atoms with Gasteiger partial charge in [-0.25, -0.2) is 0 Å². The molecule has 5 nitrogen and oxygen atoms in total. The lowest BCUT2D eigenvalue weighted by Crippen LogP contribution is -2.24. The van der Waals surface area contributed by atoms with Crippen molar-refractivity contribution in [2.45, 2.75) is 39.2 Å². The maximum Gasteiger partial charge on any atom is 0.261 e. The first-order valence-electron chi connectivity index (χ1n) is 7.46. The van der Waals surface area contributed by atoms with E-state index < -0.39 is 0 Å². The lowest BCUT2D eigenvalue weighted by Gasteiger charge is -2.16. The van der Waals surface area contributed by atoms with Crippen LogP contribution in [-0.4, -0.2) is 27.4 Å². The molecule has 2 aromatic heterocycles. The predicted molar refractivity (Wildman–Crippen MR) is 82.5 cm³/mol. The second-order valence-electron chi connectivity index (χ2n) is 5.68. The van der Waals surface area contributed by atoms with Gasteiger partial charge in [-0.1, -0.05) is 12.1 Å².